The highest BCUT2D eigenvalue weighted by atomic mass is 19.2. The molecule has 3 heterocycles. The molecule has 1 aromatic heterocycles. The minimum absolute atomic E-state index is 0.128. The SMILES string of the molecule is O=C1c2c(O)c(=O)cnn2C([C@H](c2ccccc2)c2cccc(F)c2F)[C@H]2CCCN12. The molecule has 1 saturated heterocycles. The molecule has 2 aliphatic rings. The van der Waals surface area contributed by atoms with E-state index in [4.69, 9.17) is 0 Å². The zero-order valence-electron chi connectivity index (χ0n) is 16.4. The van der Waals surface area contributed by atoms with E-state index in [2.05, 4.69) is 5.10 Å². The minimum atomic E-state index is -0.968. The number of amides is 1. The molecule has 0 radical (unpaired) electrons. The molecular weight excluding hydrogens is 404 g/mol. The summed E-state index contributed by atoms with van der Waals surface area (Å²) in [6.07, 6.45) is 2.32. The summed E-state index contributed by atoms with van der Waals surface area (Å²) in [7, 11) is 0. The Labute approximate surface area is 176 Å². The second-order valence-electron chi connectivity index (χ2n) is 7.88. The summed E-state index contributed by atoms with van der Waals surface area (Å²) in [5, 5.41) is 14.6. The summed E-state index contributed by atoms with van der Waals surface area (Å²) in [6, 6.07) is 12.1. The lowest BCUT2D eigenvalue weighted by Crippen LogP contribution is -2.51. The number of nitrogens with zero attached hydrogens (tertiary/aromatic N) is 3. The lowest BCUT2D eigenvalue weighted by atomic mass is 9.79. The number of hydrogen-bond donors (Lipinski definition) is 1. The van der Waals surface area contributed by atoms with Crippen molar-refractivity contribution in [3.8, 4) is 5.75 Å². The van der Waals surface area contributed by atoms with Crippen molar-refractivity contribution < 1.29 is 18.7 Å². The fraction of sp³-hybridized carbons (Fsp3) is 0.261. The van der Waals surface area contributed by atoms with Gasteiger partial charge in [0, 0.05) is 18.0 Å². The zero-order valence-corrected chi connectivity index (χ0v) is 16.4. The second kappa shape index (κ2) is 7.30. The summed E-state index contributed by atoms with van der Waals surface area (Å²) in [5.41, 5.74) is -0.134. The van der Waals surface area contributed by atoms with E-state index < -0.39 is 40.7 Å². The molecular formula is C23H19F2N3O3. The third kappa shape index (κ3) is 2.93. The molecule has 6 nitrogen and oxygen atoms in total. The third-order valence-corrected chi connectivity index (χ3v) is 6.24. The molecule has 1 unspecified atom stereocenters. The van der Waals surface area contributed by atoms with Gasteiger partial charge in [-0.3, -0.25) is 14.3 Å². The van der Waals surface area contributed by atoms with E-state index in [-0.39, 0.29) is 17.3 Å². The Balaban J connectivity index is 1.81. The summed E-state index contributed by atoms with van der Waals surface area (Å²) >= 11 is 0. The number of rotatable bonds is 3. The number of aromatic hydroxyl groups is 1. The molecule has 1 fully saturated rings. The van der Waals surface area contributed by atoms with Gasteiger partial charge in [-0.25, -0.2) is 8.78 Å². The Bertz CT molecular complexity index is 1230. The topological polar surface area (TPSA) is 75.4 Å². The average molecular weight is 423 g/mol. The van der Waals surface area contributed by atoms with E-state index in [1.54, 1.807) is 17.0 Å². The molecule has 3 atom stereocenters. The highest BCUT2D eigenvalue weighted by molar-refractivity contribution is 5.96. The van der Waals surface area contributed by atoms with Crippen molar-refractivity contribution in [3.63, 3.8) is 0 Å². The van der Waals surface area contributed by atoms with Crippen molar-refractivity contribution >= 4 is 5.91 Å². The van der Waals surface area contributed by atoms with Crippen LogP contribution in [0.2, 0.25) is 0 Å². The predicted octanol–water partition coefficient (Wildman–Crippen LogP) is 3.22. The van der Waals surface area contributed by atoms with E-state index in [0.29, 0.717) is 18.5 Å². The van der Waals surface area contributed by atoms with E-state index in [0.717, 1.165) is 18.7 Å². The lowest BCUT2D eigenvalue weighted by molar-refractivity contribution is 0.0564. The van der Waals surface area contributed by atoms with Crippen LogP contribution in [-0.4, -0.2) is 38.3 Å². The van der Waals surface area contributed by atoms with E-state index in [1.165, 1.54) is 16.8 Å². The number of aromatic nitrogens is 2. The first-order chi connectivity index (χ1) is 15.0. The molecule has 1 N–H and O–H groups in total. The van der Waals surface area contributed by atoms with Crippen LogP contribution < -0.4 is 5.43 Å². The van der Waals surface area contributed by atoms with Crippen LogP contribution in [0.15, 0.2) is 59.5 Å². The van der Waals surface area contributed by atoms with Crippen molar-refractivity contribution in [3.05, 3.63) is 93.4 Å². The van der Waals surface area contributed by atoms with Gasteiger partial charge in [0.1, 0.15) is 0 Å². The number of hydrogen-bond acceptors (Lipinski definition) is 4. The maximum absolute atomic E-state index is 15.0. The van der Waals surface area contributed by atoms with Gasteiger partial charge in [-0.2, -0.15) is 5.10 Å². The number of halogens is 2. The van der Waals surface area contributed by atoms with Gasteiger partial charge in [0.2, 0.25) is 5.43 Å². The molecule has 3 aromatic rings. The van der Waals surface area contributed by atoms with Crippen LogP contribution >= 0.6 is 0 Å². The van der Waals surface area contributed by atoms with Crippen LogP contribution in [0.3, 0.4) is 0 Å². The molecule has 1 amide bonds. The maximum Gasteiger partial charge on any atom is 0.276 e. The maximum atomic E-state index is 15.0. The first kappa shape index (κ1) is 19.4. The van der Waals surface area contributed by atoms with Gasteiger partial charge >= 0.3 is 0 Å². The van der Waals surface area contributed by atoms with Gasteiger partial charge in [0.25, 0.3) is 5.91 Å². The highest BCUT2D eigenvalue weighted by Gasteiger charge is 2.48. The highest BCUT2D eigenvalue weighted by Crippen LogP contribution is 2.46. The van der Waals surface area contributed by atoms with E-state index in [9.17, 15) is 19.1 Å². The van der Waals surface area contributed by atoms with Gasteiger partial charge < -0.3 is 10.0 Å². The van der Waals surface area contributed by atoms with E-state index in [1.807, 2.05) is 18.2 Å². The Morgan fingerprint density at radius 2 is 1.84 bits per heavy atom. The summed E-state index contributed by atoms with van der Waals surface area (Å²) in [4.78, 5) is 26.7. The minimum Gasteiger partial charge on any atom is -0.502 e. The van der Waals surface area contributed by atoms with Crippen LogP contribution in [0, 0.1) is 11.6 Å². The molecule has 158 valence electrons. The first-order valence-electron chi connectivity index (χ1n) is 10.1. The fourth-order valence-electron chi connectivity index (χ4n) is 4.93. The molecule has 0 spiro atoms. The van der Waals surface area contributed by atoms with Crippen LogP contribution in [0.4, 0.5) is 8.78 Å². The van der Waals surface area contributed by atoms with Crippen molar-refractivity contribution in [1.82, 2.24) is 14.7 Å². The van der Waals surface area contributed by atoms with Gasteiger partial charge in [0.15, 0.2) is 23.1 Å². The standard InChI is InChI=1S/C23H19F2N3O3/c24-15-9-4-8-14(19(15)25)18(13-6-2-1-3-7-13)20-16-10-5-11-27(16)23(31)21-22(30)17(29)12-26-28(20)21/h1-4,6-9,12,16,18,20,30H,5,10-11H2/t16-,18-,20?/m1/s1. The largest absolute Gasteiger partial charge is 0.502 e. The first-order valence-corrected chi connectivity index (χ1v) is 10.1. The molecule has 0 bridgehead atoms. The van der Waals surface area contributed by atoms with Gasteiger partial charge in [0.05, 0.1) is 18.3 Å². The molecule has 0 aliphatic carbocycles. The monoisotopic (exact) mass is 423 g/mol. The van der Waals surface area contributed by atoms with Gasteiger partial charge in [-0.05, 0) is 24.5 Å². The van der Waals surface area contributed by atoms with E-state index >= 15 is 4.39 Å². The summed E-state index contributed by atoms with van der Waals surface area (Å²) < 4.78 is 30.6. The van der Waals surface area contributed by atoms with Gasteiger partial charge in [-0.15, -0.1) is 0 Å². The lowest BCUT2D eigenvalue weighted by Gasteiger charge is -2.42. The van der Waals surface area contributed by atoms with Crippen LogP contribution in [-0.2, 0) is 0 Å². The van der Waals surface area contributed by atoms with Gasteiger partial charge in [-0.1, -0.05) is 42.5 Å². The smallest absolute Gasteiger partial charge is 0.276 e. The molecule has 2 aliphatic heterocycles. The normalized spacial score (nSPS) is 21.0. The molecule has 0 saturated carbocycles. The fourth-order valence-corrected chi connectivity index (χ4v) is 4.93. The Kier molecular flexibility index (Phi) is 4.57. The number of fused-ring (bicyclic) bond motifs is 2. The summed E-state index contributed by atoms with van der Waals surface area (Å²) in [5.74, 6) is -3.80. The molecule has 5 rings (SSSR count). The number of benzene rings is 2. The van der Waals surface area contributed by atoms with Crippen LogP contribution in [0.5, 0.6) is 5.75 Å². The molecule has 2 aromatic carbocycles. The quantitative estimate of drug-likeness (QED) is 0.702. The number of carbonyl (C=O) groups is 1. The van der Waals surface area contributed by atoms with Crippen molar-refractivity contribution in [1.29, 1.82) is 0 Å². The van der Waals surface area contributed by atoms with Crippen molar-refractivity contribution in [2.75, 3.05) is 6.54 Å². The zero-order chi connectivity index (χ0) is 21.7. The number of carbonyl (C=O) groups excluding carboxylic acids is 1. The third-order valence-electron chi connectivity index (χ3n) is 6.24. The Morgan fingerprint density at radius 3 is 2.61 bits per heavy atom. The Hall–Kier alpha value is -3.55. The van der Waals surface area contributed by atoms with Crippen molar-refractivity contribution in [2.45, 2.75) is 30.8 Å². The van der Waals surface area contributed by atoms with Crippen LogP contribution in [0.25, 0.3) is 0 Å². The predicted molar refractivity (Wildman–Crippen MR) is 108 cm³/mol. The molecule has 8 heteroatoms. The average Bonchev–Trinajstić information content (AvgIpc) is 3.26. The second-order valence-corrected chi connectivity index (χ2v) is 7.88. The summed E-state index contributed by atoms with van der Waals surface area (Å²) in [6.45, 7) is 0.454. The van der Waals surface area contributed by atoms with Crippen molar-refractivity contribution in [2.24, 2.45) is 0 Å². The Morgan fingerprint density at radius 1 is 1.06 bits per heavy atom. The molecule has 31 heavy (non-hydrogen) atoms. The van der Waals surface area contributed by atoms with Crippen LogP contribution in [0.1, 0.15) is 46.4 Å².